The number of rotatable bonds is 4. The van der Waals surface area contributed by atoms with E-state index in [1.54, 1.807) is 26.0 Å². The fourth-order valence-electron chi connectivity index (χ4n) is 4.45. The van der Waals surface area contributed by atoms with E-state index >= 15 is 0 Å². The Morgan fingerprint density at radius 1 is 1.00 bits per heavy atom. The number of ketones is 1. The van der Waals surface area contributed by atoms with Crippen molar-refractivity contribution >= 4 is 23.1 Å². The van der Waals surface area contributed by atoms with E-state index in [4.69, 9.17) is 4.74 Å². The van der Waals surface area contributed by atoms with E-state index in [0.29, 0.717) is 5.56 Å². The van der Waals surface area contributed by atoms with Gasteiger partial charge >= 0.3 is 6.18 Å². The number of carbonyl (C=O) groups is 2. The predicted molar refractivity (Wildman–Crippen MR) is 125 cm³/mol. The molecule has 0 radical (unpaired) electrons. The average molecular weight is 499 g/mol. The van der Waals surface area contributed by atoms with E-state index in [1.165, 1.54) is 25.3 Å². The van der Waals surface area contributed by atoms with Crippen LogP contribution in [-0.4, -0.2) is 23.9 Å². The summed E-state index contributed by atoms with van der Waals surface area (Å²) in [7, 11) is 1.38. The lowest BCUT2D eigenvalue weighted by Crippen LogP contribution is -2.30. The van der Waals surface area contributed by atoms with Crippen molar-refractivity contribution in [3.63, 3.8) is 0 Å². The molecule has 36 heavy (non-hydrogen) atoms. The van der Waals surface area contributed by atoms with E-state index < -0.39 is 46.6 Å². The third-order valence-corrected chi connectivity index (χ3v) is 6.00. The molecular weight excluding hydrogens is 478 g/mol. The summed E-state index contributed by atoms with van der Waals surface area (Å²) in [4.78, 5) is 27.3. The zero-order valence-electron chi connectivity index (χ0n) is 19.5. The largest absolute Gasteiger partial charge is 0.507 e. The van der Waals surface area contributed by atoms with E-state index in [2.05, 4.69) is 0 Å². The maximum atomic E-state index is 15.0. The number of amides is 1. The van der Waals surface area contributed by atoms with Gasteiger partial charge in [0, 0.05) is 11.3 Å². The molecule has 1 aliphatic rings. The number of benzene rings is 3. The van der Waals surface area contributed by atoms with Gasteiger partial charge in [-0.05, 0) is 61.4 Å². The number of methoxy groups -OCH3 is 1. The van der Waals surface area contributed by atoms with Gasteiger partial charge < -0.3 is 9.84 Å². The molecule has 0 aliphatic carbocycles. The first kappa shape index (κ1) is 25.0. The Labute approximate surface area is 204 Å². The van der Waals surface area contributed by atoms with Crippen molar-refractivity contribution < 1.29 is 37.0 Å². The smallest absolute Gasteiger partial charge is 0.416 e. The molecule has 1 amide bonds. The Morgan fingerprint density at radius 2 is 1.64 bits per heavy atom. The number of carbonyl (C=O) groups excluding carboxylic acids is 2. The van der Waals surface area contributed by atoms with Crippen LogP contribution in [0.1, 0.15) is 33.9 Å². The van der Waals surface area contributed by atoms with Crippen molar-refractivity contribution in [1.29, 1.82) is 0 Å². The van der Waals surface area contributed by atoms with Gasteiger partial charge in [-0.3, -0.25) is 14.5 Å². The molecule has 1 N–H and O–H groups in total. The van der Waals surface area contributed by atoms with Crippen LogP contribution < -0.4 is 9.64 Å². The van der Waals surface area contributed by atoms with Crippen LogP contribution in [0, 0.1) is 19.7 Å². The molecule has 1 aliphatic heterocycles. The van der Waals surface area contributed by atoms with Crippen LogP contribution in [0.2, 0.25) is 0 Å². The highest BCUT2D eigenvalue weighted by atomic mass is 19.4. The van der Waals surface area contributed by atoms with Crippen molar-refractivity contribution in [2.45, 2.75) is 26.1 Å². The number of nitrogens with zero attached hydrogens (tertiary/aromatic N) is 1. The minimum absolute atomic E-state index is 0.0650. The molecule has 1 heterocycles. The van der Waals surface area contributed by atoms with Gasteiger partial charge in [0.05, 0.1) is 29.9 Å². The molecular formula is C27H21F4NO4. The minimum atomic E-state index is -4.61. The zero-order chi connectivity index (χ0) is 26.4. The van der Waals surface area contributed by atoms with E-state index in [-0.39, 0.29) is 22.6 Å². The molecule has 9 heteroatoms. The second-order valence-electron chi connectivity index (χ2n) is 8.40. The second-order valence-corrected chi connectivity index (χ2v) is 8.40. The van der Waals surface area contributed by atoms with Crippen LogP contribution in [0.15, 0.2) is 66.2 Å². The number of ether oxygens (including phenoxy) is 1. The number of aliphatic hydroxyl groups excluding tert-OH is 1. The Bertz CT molecular complexity index is 1390. The van der Waals surface area contributed by atoms with Crippen molar-refractivity contribution in [3.8, 4) is 5.75 Å². The van der Waals surface area contributed by atoms with Crippen LogP contribution in [0.3, 0.4) is 0 Å². The molecule has 3 aromatic rings. The molecule has 4 rings (SSSR count). The summed E-state index contributed by atoms with van der Waals surface area (Å²) in [5.41, 5.74) is -0.0284. The van der Waals surface area contributed by atoms with Crippen LogP contribution in [0.5, 0.6) is 5.75 Å². The second kappa shape index (κ2) is 9.14. The fraction of sp³-hybridized carbons (Fsp3) is 0.185. The van der Waals surface area contributed by atoms with Gasteiger partial charge in [0.15, 0.2) is 0 Å². The van der Waals surface area contributed by atoms with Crippen LogP contribution in [0.25, 0.3) is 5.76 Å². The normalized spacial score (nSPS) is 17.5. The molecule has 3 aromatic carbocycles. The number of anilines is 1. The SMILES string of the molecule is COc1c(C)cc(C)cc1/C(O)=C1\C(=O)C(=O)N(c2ccc(C(F)(F)F)cc2)C1c1ccccc1F. The topological polar surface area (TPSA) is 66.8 Å². The maximum Gasteiger partial charge on any atom is 0.416 e. The third-order valence-electron chi connectivity index (χ3n) is 6.00. The summed E-state index contributed by atoms with van der Waals surface area (Å²) < 4.78 is 59.7. The van der Waals surface area contributed by atoms with Gasteiger partial charge in [-0.25, -0.2) is 4.39 Å². The van der Waals surface area contributed by atoms with Gasteiger partial charge in [0.2, 0.25) is 0 Å². The number of aliphatic hydroxyl groups is 1. The van der Waals surface area contributed by atoms with Crippen LogP contribution >= 0.6 is 0 Å². The summed E-state index contributed by atoms with van der Waals surface area (Å²) in [6.45, 7) is 3.50. The van der Waals surface area contributed by atoms with Gasteiger partial charge in [-0.15, -0.1) is 0 Å². The summed E-state index contributed by atoms with van der Waals surface area (Å²) >= 11 is 0. The molecule has 0 bridgehead atoms. The lowest BCUT2D eigenvalue weighted by atomic mass is 9.93. The summed E-state index contributed by atoms with van der Waals surface area (Å²) in [5.74, 6) is -3.32. The monoisotopic (exact) mass is 499 g/mol. The van der Waals surface area contributed by atoms with Crippen molar-refractivity contribution in [1.82, 2.24) is 0 Å². The van der Waals surface area contributed by atoms with E-state index in [9.17, 15) is 32.3 Å². The molecule has 1 unspecified atom stereocenters. The lowest BCUT2D eigenvalue weighted by Gasteiger charge is -2.26. The van der Waals surface area contributed by atoms with E-state index in [1.807, 2.05) is 0 Å². The quantitative estimate of drug-likeness (QED) is 0.204. The first-order chi connectivity index (χ1) is 17.0. The van der Waals surface area contributed by atoms with Crippen molar-refractivity contribution in [3.05, 3.63) is 99.9 Å². The van der Waals surface area contributed by atoms with Gasteiger partial charge in [-0.2, -0.15) is 13.2 Å². The highest BCUT2D eigenvalue weighted by Gasteiger charge is 2.48. The molecule has 1 saturated heterocycles. The zero-order valence-corrected chi connectivity index (χ0v) is 19.5. The molecule has 1 atom stereocenters. The third kappa shape index (κ3) is 4.21. The molecule has 5 nitrogen and oxygen atoms in total. The lowest BCUT2D eigenvalue weighted by molar-refractivity contribution is -0.137. The molecule has 0 spiro atoms. The molecule has 1 fully saturated rings. The van der Waals surface area contributed by atoms with Gasteiger partial charge in [-0.1, -0.05) is 24.3 Å². The number of hydrogen-bond acceptors (Lipinski definition) is 4. The van der Waals surface area contributed by atoms with E-state index in [0.717, 1.165) is 40.8 Å². The molecule has 0 saturated carbocycles. The standard InChI is InChI=1S/C27H21F4NO4/c1-14-12-15(2)25(36-3)19(13-14)23(33)21-22(18-6-4-5-7-20(18)28)32(26(35)24(21)34)17-10-8-16(9-11-17)27(29,30)31/h4-13,22,33H,1-3H3/b23-21+. The Hall–Kier alpha value is -4.14. The first-order valence-corrected chi connectivity index (χ1v) is 10.8. The summed E-state index contributed by atoms with van der Waals surface area (Å²) in [5, 5.41) is 11.3. The fourth-order valence-corrected chi connectivity index (χ4v) is 4.45. The highest BCUT2D eigenvalue weighted by Crippen LogP contribution is 2.45. The predicted octanol–water partition coefficient (Wildman–Crippen LogP) is 6.10. The number of hydrogen-bond donors (Lipinski definition) is 1. The van der Waals surface area contributed by atoms with Crippen LogP contribution in [0.4, 0.5) is 23.2 Å². The molecule has 0 aromatic heterocycles. The van der Waals surface area contributed by atoms with Gasteiger partial charge in [0.25, 0.3) is 11.7 Å². The van der Waals surface area contributed by atoms with Gasteiger partial charge in [0.1, 0.15) is 17.3 Å². The number of Topliss-reactive ketones (excluding diaryl/α,β-unsaturated/α-hetero) is 1. The Kier molecular flexibility index (Phi) is 6.34. The Morgan fingerprint density at radius 3 is 2.22 bits per heavy atom. The number of halogens is 4. The Balaban J connectivity index is 1.99. The number of alkyl halides is 3. The first-order valence-electron chi connectivity index (χ1n) is 10.8. The molecule has 186 valence electrons. The maximum absolute atomic E-state index is 15.0. The minimum Gasteiger partial charge on any atom is -0.507 e. The summed E-state index contributed by atoms with van der Waals surface area (Å²) in [6.07, 6.45) is -4.61. The van der Waals surface area contributed by atoms with Crippen molar-refractivity contribution in [2.24, 2.45) is 0 Å². The highest BCUT2D eigenvalue weighted by molar-refractivity contribution is 6.51. The number of aryl methyl sites for hydroxylation is 2. The summed E-state index contributed by atoms with van der Waals surface area (Å²) in [6, 6.07) is 10.9. The van der Waals surface area contributed by atoms with Crippen LogP contribution in [-0.2, 0) is 15.8 Å². The van der Waals surface area contributed by atoms with Crippen molar-refractivity contribution in [2.75, 3.05) is 12.0 Å². The average Bonchev–Trinajstić information content (AvgIpc) is 3.08.